The van der Waals surface area contributed by atoms with E-state index in [0.29, 0.717) is 23.7 Å². The summed E-state index contributed by atoms with van der Waals surface area (Å²) in [4.78, 5) is 23.4. The Balaban J connectivity index is 1.83. The van der Waals surface area contributed by atoms with E-state index in [0.717, 1.165) is 37.1 Å². The van der Waals surface area contributed by atoms with Crippen molar-refractivity contribution < 1.29 is 9.53 Å². The molecule has 3 aromatic rings. The largest absolute Gasteiger partial charge is 0.459 e. The maximum Gasteiger partial charge on any atom is 0.322 e. The Morgan fingerprint density at radius 2 is 2.15 bits per heavy atom. The van der Waals surface area contributed by atoms with Gasteiger partial charge < -0.3 is 20.7 Å². The normalized spacial score (nSPS) is 16.9. The van der Waals surface area contributed by atoms with E-state index >= 15 is 0 Å². The predicted octanol–water partition coefficient (Wildman–Crippen LogP) is 2.51. The fourth-order valence-corrected chi connectivity index (χ4v) is 4.13. The summed E-state index contributed by atoms with van der Waals surface area (Å²) in [5, 5.41) is 7.94. The molecule has 2 aromatic heterocycles. The van der Waals surface area contributed by atoms with Crippen LogP contribution in [0.4, 0.5) is 5.95 Å². The van der Waals surface area contributed by atoms with Crippen molar-refractivity contribution in [3.05, 3.63) is 47.2 Å². The first kappa shape index (κ1) is 23.5. The molecule has 0 spiro atoms. The van der Waals surface area contributed by atoms with Crippen LogP contribution in [0.15, 0.2) is 30.5 Å². The number of nitrogens with two attached hydrogens (primary N) is 1. The minimum absolute atomic E-state index is 0.0106. The Kier molecular flexibility index (Phi) is 6.98. The molecule has 1 saturated heterocycles. The predicted molar refractivity (Wildman–Crippen MR) is 131 cm³/mol. The second-order valence-corrected chi connectivity index (χ2v) is 8.87. The molecular weight excluding hydrogens is 430 g/mol. The number of primary amides is 1. The van der Waals surface area contributed by atoms with Gasteiger partial charge in [-0.05, 0) is 43.9 Å². The van der Waals surface area contributed by atoms with E-state index in [-0.39, 0.29) is 24.1 Å². The summed E-state index contributed by atoms with van der Waals surface area (Å²) in [5.41, 5.74) is 8.48. The van der Waals surface area contributed by atoms with Gasteiger partial charge in [-0.1, -0.05) is 38.0 Å². The smallest absolute Gasteiger partial charge is 0.322 e. The number of terminal acetylenes is 1. The number of anilines is 1. The molecule has 0 aliphatic carbocycles. The molecular formula is C25H31N7O2. The third kappa shape index (κ3) is 4.82. The van der Waals surface area contributed by atoms with Crippen molar-refractivity contribution >= 4 is 17.5 Å². The number of rotatable bonds is 8. The topological polar surface area (TPSA) is 111 Å². The number of amides is 1. The Labute approximate surface area is 199 Å². The fraction of sp³-hybridized carbons (Fsp3) is 0.440. The maximum absolute atomic E-state index is 12.0. The van der Waals surface area contributed by atoms with E-state index < -0.39 is 5.91 Å². The van der Waals surface area contributed by atoms with Crippen LogP contribution in [-0.4, -0.2) is 50.7 Å². The number of benzene rings is 1. The number of nitrogens with one attached hydrogen (secondary N) is 1. The van der Waals surface area contributed by atoms with Crippen molar-refractivity contribution in [3.63, 3.8) is 0 Å². The summed E-state index contributed by atoms with van der Waals surface area (Å²) in [7, 11) is 0. The van der Waals surface area contributed by atoms with Gasteiger partial charge in [0.25, 0.3) is 0 Å². The number of ether oxygens (including phenoxy) is 1. The van der Waals surface area contributed by atoms with Crippen LogP contribution in [0.1, 0.15) is 61.0 Å². The molecule has 0 saturated carbocycles. The highest BCUT2D eigenvalue weighted by atomic mass is 16.5. The van der Waals surface area contributed by atoms with Crippen molar-refractivity contribution in [1.82, 2.24) is 24.9 Å². The Hall–Kier alpha value is -3.64. The van der Waals surface area contributed by atoms with Crippen molar-refractivity contribution in [3.8, 4) is 18.4 Å². The van der Waals surface area contributed by atoms with Crippen LogP contribution in [0.3, 0.4) is 0 Å². The van der Waals surface area contributed by atoms with Crippen LogP contribution >= 0.6 is 0 Å². The molecule has 1 aromatic carbocycles. The van der Waals surface area contributed by atoms with Gasteiger partial charge in [0.15, 0.2) is 5.65 Å². The second-order valence-electron chi connectivity index (χ2n) is 8.87. The molecule has 9 nitrogen and oxygen atoms in total. The molecule has 1 amide bonds. The fourth-order valence-electron chi connectivity index (χ4n) is 4.13. The Bertz CT molecular complexity index is 1210. The summed E-state index contributed by atoms with van der Waals surface area (Å²) in [6.45, 7) is 8.14. The SMILES string of the molecule is C#CC(C)N(Cc1ccccc1C(N)=O)c1nc(O[C@@H]2CCCNC2)nc2c(C(C)C)cnn12. The van der Waals surface area contributed by atoms with Crippen LogP contribution in [-0.2, 0) is 6.54 Å². The zero-order chi connectivity index (χ0) is 24.2. The average Bonchev–Trinajstić information content (AvgIpc) is 3.27. The lowest BCUT2D eigenvalue weighted by Crippen LogP contribution is -2.38. The van der Waals surface area contributed by atoms with E-state index in [4.69, 9.17) is 26.9 Å². The lowest BCUT2D eigenvalue weighted by Gasteiger charge is -2.29. The molecule has 0 bridgehead atoms. The molecule has 3 N–H and O–H groups in total. The van der Waals surface area contributed by atoms with Crippen molar-refractivity contribution in [2.45, 2.75) is 58.2 Å². The molecule has 1 fully saturated rings. The zero-order valence-electron chi connectivity index (χ0n) is 19.9. The van der Waals surface area contributed by atoms with Crippen molar-refractivity contribution in [1.29, 1.82) is 0 Å². The minimum atomic E-state index is -0.494. The van der Waals surface area contributed by atoms with Gasteiger partial charge in [-0.2, -0.15) is 19.6 Å². The first-order valence-corrected chi connectivity index (χ1v) is 11.6. The molecule has 34 heavy (non-hydrogen) atoms. The molecule has 2 atom stereocenters. The van der Waals surface area contributed by atoms with Gasteiger partial charge in [0.2, 0.25) is 11.9 Å². The third-order valence-corrected chi connectivity index (χ3v) is 6.09. The van der Waals surface area contributed by atoms with Crippen LogP contribution in [0.2, 0.25) is 0 Å². The molecule has 1 unspecified atom stereocenters. The maximum atomic E-state index is 12.0. The van der Waals surface area contributed by atoms with Gasteiger partial charge in [0, 0.05) is 24.2 Å². The standard InChI is InChI=1S/C25H31N7O2/c1-5-17(4)31(15-18-9-6-7-11-20(18)22(26)33)25-30-24(34-19-10-8-12-27-13-19)29-23-21(16(2)3)14-28-32(23)25/h1,6-7,9,11,14,16-17,19,27H,8,10,12-13,15H2,2-4H3,(H2,26,33)/t17?,19-/m1/s1. The van der Waals surface area contributed by atoms with Crippen molar-refractivity contribution in [2.24, 2.45) is 5.73 Å². The van der Waals surface area contributed by atoms with Crippen LogP contribution in [0, 0.1) is 12.3 Å². The molecule has 0 radical (unpaired) electrons. The van der Waals surface area contributed by atoms with Crippen LogP contribution < -0.4 is 20.7 Å². The molecule has 1 aliphatic heterocycles. The van der Waals surface area contributed by atoms with Crippen molar-refractivity contribution in [2.75, 3.05) is 18.0 Å². The number of hydrogen-bond donors (Lipinski definition) is 2. The van der Waals surface area contributed by atoms with E-state index in [1.54, 1.807) is 22.8 Å². The quantitative estimate of drug-likeness (QED) is 0.496. The average molecular weight is 462 g/mol. The number of hydrogen-bond acceptors (Lipinski definition) is 7. The zero-order valence-corrected chi connectivity index (χ0v) is 19.9. The monoisotopic (exact) mass is 461 g/mol. The summed E-state index contributed by atoms with van der Waals surface area (Å²) in [6.07, 6.45) is 9.62. The highest BCUT2D eigenvalue weighted by Crippen LogP contribution is 2.27. The highest BCUT2D eigenvalue weighted by molar-refractivity contribution is 5.94. The first-order chi connectivity index (χ1) is 16.4. The molecule has 3 heterocycles. The van der Waals surface area contributed by atoms with E-state index in [2.05, 4.69) is 30.2 Å². The van der Waals surface area contributed by atoms with E-state index in [9.17, 15) is 4.79 Å². The van der Waals surface area contributed by atoms with Crippen LogP contribution in [0.5, 0.6) is 6.01 Å². The second kappa shape index (κ2) is 10.1. The number of fused-ring (bicyclic) bond motifs is 1. The number of piperidine rings is 1. The van der Waals surface area contributed by atoms with E-state index in [1.807, 2.05) is 24.0 Å². The minimum Gasteiger partial charge on any atom is -0.459 e. The number of nitrogens with zero attached hydrogens (tertiary/aromatic N) is 5. The number of carbonyl (C=O) groups is 1. The van der Waals surface area contributed by atoms with Gasteiger partial charge in [0.1, 0.15) is 6.10 Å². The molecule has 178 valence electrons. The van der Waals surface area contributed by atoms with Gasteiger partial charge in [0.05, 0.1) is 12.2 Å². The lowest BCUT2D eigenvalue weighted by atomic mass is 10.1. The third-order valence-electron chi connectivity index (χ3n) is 6.09. The van der Waals surface area contributed by atoms with Gasteiger partial charge in [-0.3, -0.25) is 4.79 Å². The summed E-state index contributed by atoms with van der Waals surface area (Å²) < 4.78 is 7.90. The molecule has 1 aliphatic rings. The van der Waals surface area contributed by atoms with E-state index in [1.165, 1.54) is 0 Å². The van der Waals surface area contributed by atoms with Gasteiger partial charge in [-0.15, -0.1) is 6.42 Å². The lowest BCUT2D eigenvalue weighted by molar-refractivity contribution is 0.0999. The van der Waals surface area contributed by atoms with Gasteiger partial charge in [-0.25, -0.2) is 0 Å². The summed E-state index contributed by atoms with van der Waals surface area (Å²) in [6, 6.07) is 7.16. The summed E-state index contributed by atoms with van der Waals surface area (Å²) >= 11 is 0. The number of carbonyl (C=O) groups excluding carboxylic acids is 1. The van der Waals surface area contributed by atoms with Gasteiger partial charge >= 0.3 is 6.01 Å². The Morgan fingerprint density at radius 3 is 2.82 bits per heavy atom. The van der Waals surface area contributed by atoms with Crippen LogP contribution in [0.25, 0.3) is 5.65 Å². The highest BCUT2D eigenvalue weighted by Gasteiger charge is 2.25. The molecule has 4 rings (SSSR count). The first-order valence-electron chi connectivity index (χ1n) is 11.6. The number of aromatic nitrogens is 4. The Morgan fingerprint density at radius 1 is 1.35 bits per heavy atom. The molecule has 9 heteroatoms. The summed E-state index contributed by atoms with van der Waals surface area (Å²) in [5.74, 6) is 3.00.